The maximum absolute atomic E-state index is 12.9. The quantitative estimate of drug-likeness (QED) is 0.677. The number of hydrogen-bond donors (Lipinski definition) is 0. The Morgan fingerprint density at radius 1 is 1.29 bits per heavy atom. The van der Waals surface area contributed by atoms with Crippen LogP contribution in [-0.2, 0) is 6.54 Å². The van der Waals surface area contributed by atoms with Crippen LogP contribution >= 0.6 is 0 Å². The van der Waals surface area contributed by atoms with Crippen molar-refractivity contribution in [2.45, 2.75) is 13.0 Å². The van der Waals surface area contributed by atoms with Crippen LogP contribution in [0.5, 0.6) is 11.6 Å². The van der Waals surface area contributed by atoms with E-state index in [1.54, 1.807) is 48.7 Å². The Kier molecular flexibility index (Phi) is 4.17. The molecular formula is C18H15N3O3. The summed E-state index contributed by atoms with van der Waals surface area (Å²) in [6.45, 7) is 0.222. The van der Waals surface area contributed by atoms with Gasteiger partial charge in [-0.2, -0.15) is 9.66 Å². The summed E-state index contributed by atoms with van der Waals surface area (Å²) in [6.07, 6.45) is 1.80. The van der Waals surface area contributed by atoms with Crippen LogP contribution in [0.1, 0.15) is 6.42 Å². The Bertz CT molecular complexity index is 1000. The number of nitrogens with zero attached hydrogens (tertiary/aromatic N) is 3. The fourth-order valence-corrected chi connectivity index (χ4v) is 2.68. The molecule has 2 aromatic heterocycles. The number of aryl methyl sites for hydroxylation is 1. The predicted octanol–water partition coefficient (Wildman–Crippen LogP) is 1.25. The van der Waals surface area contributed by atoms with Crippen molar-refractivity contribution < 1.29 is 14.4 Å². The molecule has 3 rings (SSSR count). The molecule has 0 aliphatic rings. The zero-order valence-corrected chi connectivity index (χ0v) is 13.1. The monoisotopic (exact) mass is 321 g/mol. The molecule has 0 aliphatic carbocycles. The molecule has 0 radical (unpaired) electrons. The molecule has 0 bridgehead atoms. The Hall–Kier alpha value is -3.33. The molecular weight excluding hydrogens is 306 g/mol. The van der Waals surface area contributed by atoms with Crippen molar-refractivity contribution in [1.29, 1.82) is 5.26 Å². The van der Waals surface area contributed by atoms with Gasteiger partial charge in [-0.1, -0.05) is 18.2 Å². The summed E-state index contributed by atoms with van der Waals surface area (Å²) in [7, 11) is 1.53. The minimum atomic E-state index is -0.408. The molecule has 0 spiro atoms. The first-order valence-electron chi connectivity index (χ1n) is 7.43. The van der Waals surface area contributed by atoms with Crippen molar-refractivity contribution in [3.8, 4) is 28.8 Å². The van der Waals surface area contributed by atoms with E-state index in [-0.39, 0.29) is 18.5 Å². The van der Waals surface area contributed by atoms with Crippen LogP contribution in [0.4, 0.5) is 0 Å². The number of methoxy groups -OCH3 is 1. The number of rotatable bonds is 4. The van der Waals surface area contributed by atoms with E-state index in [0.29, 0.717) is 17.0 Å². The minimum Gasteiger partial charge on any atom is -0.842 e. The number of benzene rings is 1. The molecule has 1 aromatic carbocycles. The fraction of sp³-hybridized carbons (Fsp3) is 0.167. The first kappa shape index (κ1) is 15.6. The van der Waals surface area contributed by atoms with Gasteiger partial charge in [0.05, 0.1) is 31.7 Å². The van der Waals surface area contributed by atoms with Crippen molar-refractivity contribution in [1.82, 2.24) is 4.40 Å². The smallest absolute Gasteiger partial charge is 0.349 e. The van der Waals surface area contributed by atoms with Gasteiger partial charge in [-0.05, 0) is 23.8 Å². The molecule has 0 saturated heterocycles. The second-order valence-corrected chi connectivity index (χ2v) is 5.21. The lowest BCUT2D eigenvalue weighted by molar-refractivity contribution is -0.714. The van der Waals surface area contributed by atoms with Gasteiger partial charge in [0.25, 0.3) is 5.65 Å². The van der Waals surface area contributed by atoms with Crippen LogP contribution in [0.25, 0.3) is 16.8 Å². The normalized spacial score (nSPS) is 10.5. The van der Waals surface area contributed by atoms with E-state index >= 15 is 0 Å². The molecule has 0 saturated carbocycles. The third-order valence-corrected chi connectivity index (χ3v) is 3.81. The van der Waals surface area contributed by atoms with Gasteiger partial charge in [-0.3, -0.25) is 0 Å². The first-order chi connectivity index (χ1) is 11.7. The number of hydrogen-bond acceptors (Lipinski definition) is 4. The summed E-state index contributed by atoms with van der Waals surface area (Å²) in [4.78, 5) is 12.8. The van der Waals surface area contributed by atoms with Gasteiger partial charge < -0.3 is 9.84 Å². The molecule has 6 nitrogen and oxygen atoms in total. The average molecular weight is 321 g/mol. The molecule has 3 aromatic rings. The van der Waals surface area contributed by atoms with Crippen molar-refractivity contribution in [3.63, 3.8) is 0 Å². The van der Waals surface area contributed by atoms with E-state index in [2.05, 4.69) is 0 Å². The van der Waals surface area contributed by atoms with E-state index in [1.807, 2.05) is 6.07 Å². The first-order valence-corrected chi connectivity index (χ1v) is 7.43. The lowest BCUT2D eigenvalue weighted by Gasteiger charge is -2.16. The van der Waals surface area contributed by atoms with Crippen LogP contribution in [0.15, 0.2) is 53.5 Å². The number of aromatic nitrogens is 2. The molecule has 6 heteroatoms. The molecule has 24 heavy (non-hydrogen) atoms. The van der Waals surface area contributed by atoms with Crippen LogP contribution in [0.3, 0.4) is 0 Å². The number of pyridine rings is 1. The summed E-state index contributed by atoms with van der Waals surface area (Å²) in [5.74, 6) is 0.155. The van der Waals surface area contributed by atoms with Gasteiger partial charge in [0.2, 0.25) is 0 Å². The molecule has 0 amide bonds. The second-order valence-electron chi connectivity index (χ2n) is 5.21. The number of fused-ring (bicyclic) bond motifs is 1. The third-order valence-electron chi connectivity index (χ3n) is 3.81. The number of ether oxygens (including phenoxy) is 1. The zero-order valence-electron chi connectivity index (χ0n) is 13.1. The maximum atomic E-state index is 12.9. The SMILES string of the molecule is COc1cccc(-c2c([O-])[n+](CCC#N)c3ccccn3c2=O)c1. The largest absolute Gasteiger partial charge is 0.842 e. The van der Waals surface area contributed by atoms with Crippen LogP contribution in [0, 0.1) is 11.3 Å². The molecule has 0 fully saturated rings. The van der Waals surface area contributed by atoms with Gasteiger partial charge >= 0.3 is 5.56 Å². The highest BCUT2D eigenvalue weighted by atomic mass is 16.5. The summed E-state index contributed by atoms with van der Waals surface area (Å²) in [5, 5.41) is 21.8. The van der Waals surface area contributed by atoms with Gasteiger partial charge in [-0.15, -0.1) is 0 Å². The molecule has 0 unspecified atom stereocenters. The molecule has 0 N–H and O–H groups in total. The summed E-state index contributed by atoms with van der Waals surface area (Å²) < 4.78 is 8.06. The summed E-state index contributed by atoms with van der Waals surface area (Å²) >= 11 is 0. The van der Waals surface area contributed by atoms with E-state index in [4.69, 9.17) is 10.00 Å². The van der Waals surface area contributed by atoms with Crippen molar-refractivity contribution in [2.24, 2.45) is 0 Å². The van der Waals surface area contributed by atoms with Crippen LogP contribution in [0.2, 0.25) is 0 Å². The lowest BCUT2D eigenvalue weighted by atomic mass is 10.1. The van der Waals surface area contributed by atoms with Crippen LogP contribution in [-0.4, -0.2) is 11.5 Å². The van der Waals surface area contributed by atoms with E-state index in [0.717, 1.165) is 0 Å². The van der Waals surface area contributed by atoms with E-state index < -0.39 is 11.4 Å². The Morgan fingerprint density at radius 2 is 2.12 bits per heavy atom. The Balaban J connectivity index is 2.35. The Morgan fingerprint density at radius 3 is 2.88 bits per heavy atom. The maximum Gasteiger partial charge on any atom is 0.349 e. The van der Waals surface area contributed by atoms with E-state index in [1.165, 1.54) is 16.1 Å². The second kappa shape index (κ2) is 6.42. The predicted molar refractivity (Wildman–Crippen MR) is 85.5 cm³/mol. The van der Waals surface area contributed by atoms with Gasteiger partial charge in [0.1, 0.15) is 17.9 Å². The summed E-state index contributed by atoms with van der Waals surface area (Å²) in [5.41, 5.74) is 0.635. The van der Waals surface area contributed by atoms with Gasteiger partial charge in [0, 0.05) is 6.07 Å². The highest BCUT2D eigenvalue weighted by Gasteiger charge is 2.19. The third kappa shape index (κ3) is 2.57. The topological polar surface area (TPSA) is 81.4 Å². The highest BCUT2D eigenvalue weighted by Crippen LogP contribution is 2.25. The lowest BCUT2D eigenvalue weighted by Crippen LogP contribution is -2.43. The average Bonchev–Trinajstić information content (AvgIpc) is 2.62. The fourth-order valence-electron chi connectivity index (χ4n) is 2.68. The molecule has 0 aliphatic heterocycles. The Labute approximate surface area is 138 Å². The standard InChI is InChI=1S/C18H15N3O3/c1-24-14-7-4-6-13(12-14)16-17(22)20-10-3-2-8-15(20)21(18(16)23)11-5-9-19/h2-4,6-8,10,12H,5,11H2,1H3. The minimum absolute atomic E-state index is 0.0653. The summed E-state index contributed by atoms with van der Waals surface area (Å²) in [6, 6.07) is 14.0. The highest BCUT2D eigenvalue weighted by molar-refractivity contribution is 5.68. The number of nitriles is 1. The van der Waals surface area contributed by atoms with Crippen LogP contribution < -0.4 is 20.0 Å². The zero-order chi connectivity index (χ0) is 17.1. The van der Waals surface area contributed by atoms with Crippen molar-refractivity contribution >= 4 is 5.65 Å². The van der Waals surface area contributed by atoms with Gasteiger partial charge in [-0.25, -0.2) is 9.36 Å². The van der Waals surface area contributed by atoms with Crippen molar-refractivity contribution in [3.05, 3.63) is 59.0 Å². The molecule has 2 heterocycles. The van der Waals surface area contributed by atoms with Crippen molar-refractivity contribution in [2.75, 3.05) is 7.11 Å². The molecule has 0 atom stereocenters. The van der Waals surface area contributed by atoms with E-state index in [9.17, 15) is 9.90 Å². The molecule has 120 valence electrons. The van der Waals surface area contributed by atoms with Gasteiger partial charge in [0.15, 0.2) is 0 Å².